The minimum atomic E-state index is 0.0584. The van der Waals surface area contributed by atoms with Gasteiger partial charge in [0.25, 0.3) is 0 Å². The van der Waals surface area contributed by atoms with Gasteiger partial charge in [0.1, 0.15) is 0 Å². The van der Waals surface area contributed by atoms with Crippen molar-refractivity contribution in [3.63, 3.8) is 0 Å². The molecule has 0 heterocycles. The second-order valence-electron chi connectivity index (χ2n) is 3.79. The minimum absolute atomic E-state index is 0.0584. The molecular formula is C13H25NO3. The summed E-state index contributed by atoms with van der Waals surface area (Å²) in [6, 6.07) is 0.323. The van der Waals surface area contributed by atoms with Gasteiger partial charge >= 0.3 is 0 Å². The van der Waals surface area contributed by atoms with Crippen LogP contribution >= 0.6 is 0 Å². The monoisotopic (exact) mass is 243 g/mol. The predicted molar refractivity (Wildman–Crippen MR) is 70.2 cm³/mol. The predicted octanol–water partition coefficient (Wildman–Crippen LogP) is 1.07. The fraction of sp³-hybridized carbons (Fsp3) is 0.692. The van der Waals surface area contributed by atoms with Crippen LogP contribution in [0.25, 0.3) is 0 Å². The number of rotatable bonds is 12. The van der Waals surface area contributed by atoms with Crippen LogP contribution < -0.4 is 0 Å². The van der Waals surface area contributed by atoms with Gasteiger partial charge in [0.2, 0.25) is 0 Å². The third-order valence-electron chi connectivity index (χ3n) is 2.32. The van der Waals surface area contributed by atoms with Crippen molar-refractivity contribution in [1.29, 1.82) is 0 Å². The first kappa shape index (κ1) is 16.3. The van der Waals surface area contributed by atoms with E-state index in [2.05, 4.69) is 25.0 Å². The molecule has 0 aliphatic carbocycles. The van der Waals surface area contributed by atoms with E-state index in [-0.39, 0.29) is 6.61 Å². The molecule has 1 unspecified atom stereocenters. The molecule has 0 radical (unpaired) electrons. The normalized spacial score (nSPS) is 12.6. The van der Waals surface area contributed by atoms with Gasteiger partial charge in [0.05, 0.1) is 33.0 Å². The molecule has 0 spiro atoms. The van der Waals surface area contributed by atoms with Crippen molar-refractivity contribution < 1.29 is 14.6 Å². The van der Waals surface area contributed by atoms with E-state index in [4.69, 9.17) is 14.6 Å². The molecule has 4 nitrogen and oxygen atoms in total. The summed E-state index contributed by atoms with van der Waals surface area (Å²) in [5.74, 6) is 0. The van der Waals surface area contributed by atoms with Crippen molar-refractivity contribution >= 4 is 0 Å². The average Bonchev–Trinajstić information content (AvgIpc) is 2.33. The zero-order valence-electron chi connectivity index (χ0n) is 10.8. The highest BCUT2D eigenvalue weighted by Crippen LogP contribution is 2.00. The van der Waals surface area contributed by atoms with E-state index in [1.165, 1.54) is 0 Å². The van der Waals surface area contributed by atoms with Crippen molar-refractivity contribution in [2.24, 2.45) is 0 Å². The number of ether oxygens (including phenoxy) is 2. The Morgan fingerprint density at radius 2 is 1.71 bits per heavy atom. The van der Waals surface area contributed by atoms with Gasteiger partial charge < -0.3 is 14.6 Å². The zero-order valence-corrected chi connectivity index (χ0v) is 10.8. The lowest BCUT2D eigenvalue weighted by Crippen LogP contribution is -2.37. The molecule has 0 aliphatic rings. The molecule has 0 aromatic rings. The van der Waals surface area contributed by atoms with Gasteiger partial charge in [-0.3, -0.25) is 4.90 Å². The van der Waals surface area contributed by atoms with Gasteiger partial charge in [-0.2, -0.15) is 0 Å². The Morgan fingerprint density at radius 3 is 2.24 bits per heavy atom. The Morgan fingerprint density at radius 1 is 1.12 bits per heavy atom. The highest BCUT2D eigenvalue weighted by atomic mass is 16.5. The molecule has 0 saturated heterocycles. The third kappa shape index (κ3) is 9.06. The summed E-state index contributed by atoms with van der Waals surface area (Å²) in [7, 11) is 0. The molecule has 17 heavy (non-hydrogen) atoms. The highest BCUT2D eigenvalue weighted by molar-refractivity contribution is 4.82. The number of aliphatic hydroxyl groups excluding tert-OH is 1. The van der Waals surface area contributed by atoms with Crippen LogP contribution in [0, 0.1) is 0 Å². The van der Waals surface area contributed by atoms with E-state index in [1.54, 1.807) is 0 Å². The van der Waals surface area contributed by atoms with Gasteiger partial charge in [0.15, 0.2) is 0 Å². The van der Waals surface area contributed by atoms with Crippen molar-refractivity contribution in [3.05, 3.63) is 25.3 Å². The van der Waals surface area contributed by atoms with Crippen molar-refractivity contribution in [2.45, 2.75) is 13.0 Å². The van der Waals surface area contributed by atoms with Gasteiger partial charge in [-0.05, 0) is 6.92 Å². The topological polar surface area (TPSA) is 41.9 Å². The number of hydrogen-bond donors (Lipinski definition) is 1. The maximum absolute atomic E-state index is 8.51. The Bertz CT molecular complexity index is 187. The van der Waals surface area contributed by atoms with Gasteiger partial charge in [-0.25, -0.2) is 0 Å². The maximum Gasteiger partial charge on any atom is 0.0701 e. The van der Waals surface area contributed by atoms with Crippen molar-refractivity contribution in [2.75, 3.05) is 46.1 Å². The van der Waals surface area contributed by atoms with E-state index >= 15 is 0 Å². The van der Waals surface area contributed by atoms with Crippen molar-refractivity contribution in [3.8, 4) is 0 Å². The molecule has 0 aliphatic heterocycles. The van der Waals surface area contributed by atoms with E-state index in [1.807, 2.05) is 12.2 Å². The largest absolute Gasteiger partial charge is 0.394 e. The fourth-order valence-corrected chi connectivity index (χ4v) is 1.41. The number of hydrogen-bond acceptors (Lipinski definition) is 4. The SMILES string of the molecule is C=CCN(CC=C)C(C)COCCOCCO. The molecule has 100 valence electrons. The summed E-state index contributed by atoms with van der Waals surface area (Å²) in [5.41, 5.74) is 0. The molecule has 1 N–H and O–H groups in total. The van der Waals surface area contributed by atoms with Gasteiger partial charge in [0, 0.05) is 19.1 Å². The lowest BCUT2D eigenvalue weighted by Gasteiger charge is -2.26. The summed E-state index contributed by atoms with van der Waals surface area (Å²) in [6.45, 7) is 13.4. The van der Waals surface area contributed by atoms with Crippen LogP contribution in [0.5, 0.6) is 0 Å². The van der Waals surface area contributed by atoms with Crippen molar-refractivity contribution in [1.82, 2.24) is 4.90 Å². The van der Waals surface area contributed by atoms with E-state index in [9.17, 15) is 0 Å². The number of nitrogens with zero attached hydrogens (tertiary/aromatic N) is 1. The maximum atomic E-state index is 8.51. The summed E-state index contributed by atoms with van der Waals surface area (Å²) in [5, 5.41) is 8.51. The summed E-state index contributed by atoms with van der Waals surface area (Å²) in [6.07, 6.45) is 3.76. The Labute approximate surface area is 105 Å². The summed E-state index contributed by atoms with van der Waals surface area (Å²) < 4.78 is 10.6. The molecule has 0 rings (SSSR count). The van der Waals surface area contributed by atoms with Crippen LogP contribution in [0.4, 0.5) is 0 Å². The number of aliphatic hydroxyl groups is 1. The fourth-order valence-electron chi connectivity index (χ4n) is 1.41. The lowest BCUT2D eigenvalue weighted by molar-refractivity contribution is 0.0159. The Balaban J connectivity index is 3.62. The smallest absolute Gasteiger partial charge is 0.0701 e. The molecule has 0 fully saturated rings. The second kappa shape index (κ2) is 11.8. The molecule has 0 aromatic carbocycles. The molecule has 1 atom stereocenters. The third-order valence-corrected chi connectivity index (χ3v) is 2.32. The van der Waals surface area contributed by atoms with E-state index in [0.29, 0.717) is 32.5 Å². The van der Waals surface area contributed by atoms with E-state index < -0.39 is 0 Å². The lowest BCUT2D eigenvalue weighted by atomic mass is 10.3. The first-order chi connectivity index (χ1) is 8.26. The molecular weight excluding hydrogens is 218 g/mol. The van der Waals surface area contributed by atoms with Crippen LogP contribution in [0.15, 0.2) is 25.3 Å². The van der Waals surface area contributed by atoms with Crippen LogP contribution in [0.2, 0.25) is 0 Å². The molecule has 0 amide bonds. The van der Waals surface area contributed by atoms with Crippen LogP contribution in [-0.2, 0) is 9.47 Å². The molecule has 0 saturated carbocycles. The molecule has 4 heteroatoms. The highest BCUT2D eigenvalue weighted by Gasteiger charge is 2.10. The van der Waals surface area contributed by atoms with Crippen LogP contribution in [-0.4, -0.2) is 62.2 Å². The first-order valence-corrected chi connectivity index (χ1v) is 5.98. The summed E-state index contributed by atoms with van der Waals surface area (Å²) >= 11 is 0. The Hall–Kier alpha value is -0.680. The van der Waals surface area contributed by atoms with Crippen LogP contribution in [0.1, 0.15) is 6.92 Å². The van der Waals surface area contributed by atoms with Gasteiger partial charge in [-0.15, -0.1) is 13.2 Å². The molecule has 0 bridgehead atoms. The van der Waals surface area contributed by atoms with E-state index in [0.717, 1.165) is 13.1 Å². The Kier molecular flexibility index (Phi) is 11.3. The first-order valence-electron chi connectivity index (χ1n) is 5.98. The average molecular weight is 243 g/mol. The minimum Gasteiger partial charge on any atom is -0.394 e. The van der Waals surface area contributed by atoms with Gasteiger partial charge in [-0.1, -0.05) is 12.2 Å². The summed E-state index contributed by atoms with van der Waals surface area (Å²) in [4.78, 5) is 2.23. The molecule has 0 aromatic heterocycles. The quantitative estimate of drug-likeness (QED) is 0.411. The van der Waals surface area contributed by atoms with Crippen LogP contribution in [0.3, 0.4) is 0 Å². The second-order valence-corrected chi connectivity index (χ2v) is 3.79. The standard InChI is InChI=1S/C13H25NO3/c1-4-6-14(7-5-2)13(3)12-17-11-10-16-9-8-15/h4-5,13,15H,1-2,6-12H2,3H3. The zero-order chi connectivity index (χ0) is 12.9.